The number of primary amides is 1. The van der Waals surface area contributed by atoms with Crippen molar-refractivity contribution in [1.82, 2.24) is 36.6 Å². The zero-order valence-electron chi connectivity index (χ0n) is 33.8. The Labute approximate surface area is 343 Å². The summed E-state index contributed by atoms with van der Waals surface area (Å²) in [7, 11) is 0. The lowest BCUT2D eigenvalue weighted by Gasteiger charge is -2.27. The molecule has 1 aliphatic heterocycles. The van der Waals surface area contributed by atoms with Gasteiger partial charge in [0.05, 0.1) is 12.4 Å². The fraction of sp³-hybridized carbons (Fsp3) is 0.550. The van der Waals surface area contributed by atoms with E-state index in [-0.39, 0.29) is 70.4 Å². The minimum Gasteiger partial charge on any atom is -0.370 e. The van der Waals surface area contributed by atoms with Crippen molar-refractivity contribution in [3.63, 3.8) is 0 Å². The predicted molar refractivity (Wildman–Crippen MR) is 218 cm³/mol. The van der Waals surface area contributed by atoms with Crippen LogP contribution in [0, 0.1) is 11.8 Å². The quantitative estimate of drug-likeness (QED) is 0.0617. The number of amides is 6. The van der Waals surface area contributed by atoms with Crippen LogP contribution in [0.25, 0.3) is 0 Å². The lowest BCUT2D eigenvalue weighted by Crippen LogP contribution is -2.58. The molecule has 0 spiro atoms. The molecule has 19 heteroatoms. The van der Waals surface area contributed by atoms with Gasteiger partial charge in [-0.1, -0.05) is 50.1 Å². The number of carbonyl (C=O) groups excluding carboxylic acids is 8. The molecule has 0 unspecified atom stereocenters. The molecule has 1 aromatic heterocycles. The van der Waals surface area contributed by atoms with Crippen LogP contribution in [0.2, 0.25) is 0 Å². The largest absolute Gasteiger partial charge is 0.370 e. The average Bonchev–Trinajstić information content (AvgIpc) is 3.71. The number of rotatable bonds is 15. The fourth-order valence-electron chi connectivity index (χ4n) is 6.74. The predicted octanol–water partition coefficient (Wildman–Crippen LogP) is -0.666. The van der Waals surface area contributed by atoms with Gasteiger partial charge < -0.3 is 48.8 Å². The highest BCUT2D eigenvalue weighted by Crippen LogP contribution is 2.22. The van der Waals surface area contributed by atoms with Gasteiger partial charge in [0, 0.05) is 69.4 Å². The molecule has 19 nitrogen and oxygen atoms in total. The van der Waals surface area contributed by atoms with Crippen LogP contribution in [0.1, 0.15) is 89.3 Å². The first kappa shape index (κ1) is 47.2. The number of nitrogens with one attached hydrogen (secondary N) is 6. The number of nitrogens with zero attached hydrogens (tertiary/aromatic N) is 2. The Kier molecular flexibility index (Phi) is 19.7. The molecule has 2 heterocycles. The Morgan fingerprint density at radius 2 is 1.64 bits per heavy atom. The van der Waals surface area contributed by atoms with Crippen LogP contribution >= 0.6 is 0 Å². The lowest BCUT2D eigenvalue weighted by atomic mass is 9.84. The van der Waals surface area contributed by atoms with Gasteiger partial charge in [0.25, 0.3) is 0 Å². The molecule has 2 aromatic rings. The Bertz CT molecular complexity index is 1770. The van der Waals surface area contributed by atoms with Gasteiger partial charge >= 0.3 is 0 Å². The van der Waals surface area contributed by atoms with E-state index in [1.165, 1.54) is 19.4 Å². The van der Waals surface area contributed by atoms with E-state index in [0.717, 1.165) is 6.42 Å². The summed E-state index contributed by atoms with van der Waals surface area (Å²) in [6, 6.07) is 4.12. The standard InChI is InChI=1S/C40H59N11O8/c1-3-4-12-29(48-24(2)52)37(57)49-30-13-14-35(55)45-17-15-27(36(41)56)20-33(53)26(11-8-16-46-40(42)43)19-34(54)31(18-25-9-6-5-7-10-25)50-39(59)32(51-38(30)58)21-28-22-44-23-47-28/h5-7,9-10,22-23,26-27,29-32H,3-4,8,11-21H2,1-2H3,(H2,41,56)(H,44,47)(H,45,55)(H,48,52)(H,49,57)(H,50,59)(H,51,58)(H4,42,43,46)/t26-,27-,29+,30+,31-,32+/m1/s1. The van der Waals surface area contributed by atoms with Crippen molar-refractivity contribution >= 4 is 53.0 Å². The smallest absolute Gasteiger partial charge is 0.243 e. The third-order valence-electron chi connectivity index (χ3n) is 10.0. The van der Waals surface area contributed by atoms with E-state index in [9.17, 15) is 38.4 Å². The van der Waals surface area contributed by atoms with Gasteiger partial charge in [-0.2, -0.15) is 0 Å². The molecule has 0 bridgehead atoms. The van der Waals surface area contributed by atoms with Crippen LogP contribution in [-0.4, -0.2) is 100 Å². The van der Waals surface area contributed by atoms with Crippen LogP contribution in [0.4, 0.5) is 0 Å². The summed E-state index contributed by atoms with van der Waals surface area (Å²) in [5.41, 5.74) is 17.8. The van der Waals surface area contributed by atoms with Gasteiger partial charge in [-0.15, -0.1) is 0 Å². The van der Waals surface area contributed by atoms with Crippen LogP contribution in [0.5, 0.6) is 0 Å². The molecule has 0 saturated carbocycles. The zero-order valence-corrected chi connectivity index (χ0v) is 33.8. The van der Waals surface area contributed by atoms with Crippen molar-refractivity contribution < 1.29 is 38.4 Å². The number of aromatic amines is 1. The molecule has 6 amide bonds. The summed E-state index contributed by atoms with van der Waals surface area (Å²) in [5.74, 6) is -6.82. The molecule has 1 aliphatic rings. The summed E-state index contributed by atoms with van der Waals surface area (Å²) >= 11 is 0. The lowest BCUT2D eigenvalue weighted by molar-refractivity contribution is -0.135. The van der Waals surface area contributed by atoms with Crippen molar-refractivity contribution in [2.75, 3.05) is 13.1 Å². The molecule has 1 saturated heterocycles. The first-order valence-electron chi connectivity index (χ1n) is 20.0. The number of unbranched alkanes of at least 4 members (excludes halogenated alkanes) is 1. The molecule has 0 radical (unpaired) electrons. The van der Waals surface area contributed by atoms with Gasteiger partial charge in [-0.05, 0) is 44.1 Å². The Morgan fingerprint density at radius 1 is 0.915 bits per heavy atom. The fourth-order valence-corrected chi connectivity index (χ4v) is 6.74. The third-order valence-corrected chi connectivity index (χ3v) is 10.0. The number of hydrogen-bond acceptors (Lipinski definition) is 10. The third kappa shape index (κ3) is 17.1. The number of nitrogens with two attached hydrogens (primary N) is 3. The number of carbonyl (C=O) groups is 8. The van der Waals surface area contributed by atoms with Gasteiger partial charge in [-0.25, -0.2) is 4.98 Å². The maximum Gasteiger partial charge on any atom is 0.243 e. The van der Waals surface area contributed by atoms with Crippen molar-refractivity contribution in [3.8, 4) is 0 Å². The molecule has 1 aromatic carbocycles. The van der Waals surface area contributed by atoms with Crippen molar-refractivity contribution in [2.24, 2.45) is 34.0 Å². The highest BCUT2D eigenvalue weighted by Gasteiger charge is 2.34. The van der Waals surface area contributed by atoms with Gasteiger partial charge in [0.1, 0.15) is 23.9 Å². The summed E-state index contributed by atoms with van der Waals surface area (Å²) in [4.78, 5) is 119. The topological polar surface area (TPSA) is 316 Å². The number of ketones is 2. The molecular weight excluding hydrogens is 763 g/mol. The summed E-state index contributed by atoms with van der Waals surface area (Å²) in [6.07, 6.45) is 3.88. The highest BCUT2D eigenvalue weighted by molar-refractivity contribution is 5.97. The number of aliphatic imine (C=N–C) groups is 1. The summed E-state index contributed by atoms with van der Waals surface area (Å²) in [5, 5.41) is 13.5. The second-order valence-electron chi connectivity index (χ2n) is 14.8. The molecule has 322 valence electrons. The van der Waals surface area contributed by atoms with E-state index >= 15 is 0 Å². The summed E-state index contributed by atoms with van der Waals surface area (Å²) < 4.78 is 0. The number of imidazole rings is 1. The number of H-pyrrole nitrogens is 1. The number of Topliss-reactive ketones (excluding diaryl/α,β-unsaturated/α-hetero) is 2. The van der Waals surface area contributed by atoms with E-state index in [4.69, 9.17) is 17.2 Å². The maximum absolute atomic E-state index is 14.3. The summed E-state index contributed by atoms with van der Waals surface area (Å²) in [6.45, 7) is 3.33. The number of benzene rings is 1. The molecule has 0 aliphatic carbocycles. The molecule has 1 fully saturated rings. The van der Waals surface area contributed by atoms with Gasteiger partial charge in [0.2, 0.25) is 35.4 Å². The minimum absolute atomic E-state index is 0.0138. The Hall–Kier alpha value is -6.14. The highest BCUT2D eigenvalue weighted by atomic mass is 16.2. The minimum atomic E-state index is -1.34. The molecule has 3 rings (SSSR count). The van der Waals surface area contributed by atoms with E-state index < -0.39 is 83.0 Å². The molecule has 6 atom stereocenters. The van der Waals surface area contributed by atoms with E-state index in [0.29, 0.717) is 30.5 Å². The first-order valence-corrected chi connectivity index (χ1v) is 20.0. The average molecular weight is 822 g/mol. The van der Waals surface area contributed by atoms with Crippen molar-refractivity contribution in [2.45, 2.75) is 115 Å². The monoisotopic (exact) mass is 821 g/mol. The van der Waals surface area contributed by atoms with E-state index in [1.54, 1.807) is 30.3 Å². The second-order valence-corrected chi connectivity index (χ2v) is 14.8. The number of aromatic nitrogens is 2. The first-order chi connectivity index (χ1) is 28.2. The Balaban J connectivity index is 2.05. The van der Waals surface area contributed by atoms with Crippen LogP contribution in [0.15, 0.2) is 47.8 Å². The number of hydrogen-bond donors (Lipinski definition) is 9. The normalized spacial score (nSPS) is 21.9. The van der Waals surface area contributed by atoms with E-state index in [1.807, 2.05) is 6.92 Å². The van der Waals surface area contributed by atoms with E-state index in [2.05, 4.69) is 41.5 Å². The Morgan fingerprint density at radius 3 is 2.29 bits per heavy atom. The molecule has 12 N–H and O–H groups in total. The SMILES string of the molecule is CCCC[C@H](NC(C)=O)C(=O)N[C@H]1CCC(=O)NCC[C@@H](C(N)=O)CC(=O)[C@H](CCCN=C(N)N)CC(=O)[C@@H](Cc2ccccc2)NC(=O)[C@H](Cc2cnc[nH]2)NC1=O. The van der Waals surface area contributed by atoms with Crippen molar-refractivity contribution in [1.29, 1.82) is 0 Å². The van der Waals surface area contributed by atoms with Crippen LogP contribution in [0.3, 0.4) is 0 Å². The zero-order chi connectivity index (χ0) is 43.3. The molecular formula is C40H59N11O8. The number of guanidine groups is 1. The van der Waals surface area contributed by atoms with Gasteiger partial charge in [0.15, 0.2) is 11.7 Å². The van der Waals surface area contributed by atoms with Crippen LogP contribution in [-0.2, 0) is 51.2 Å². The second kappa shape index (κ2) is 24.6. The maximum atomic E-state index is 14.3. The van der Waals surface area contributed by atoms with Crippen molar-refractivity contribution in [3.05, 3.63) is 54.1 Å². The van der Waals surface area contributed by atoms with Crippen LogP contribution < -0.4 is 43.8 Å². The van der Waals surface area contributed by atoms with Gasteiger partial charge in [-0.3, -0.25) is 43.3 Å². The molecule has 59 heavy (non-hydrogen) atoms.